The number of hydrogen-bond acceptors (Lipinski definition) is 3. The fraction of sp³-hybridized carbons (Fsp3) is 0.684. The lowest BCUT2D eigenvalue weighted by molar-refractivity contribution is 0.0640. The van der Waals surface area contributed by atoms with Gasteiger partial charge in [-0.05, 0) is 45.2 Å². The average molecular weight is 369 g/mol. The molecule has 0 saturated carbocycles. The summed E-state index contributed by atoms with van der Waals surface area (Å²) < 4.78 is 18.7. The molecule has 0 saturated heterocycles. The Hall–Kier alpha value is -0.466. The molecule has 0 aromatic rings. The molecule has 0 N–H and O–H groups in total. The van der Waals surface area contributed by atoms with Crippen LogP contribution in [0.5, 0.6) is 0 Å². The number of hydrogen-bond donors (Lipinski definition) is 0. The average Bonchev–Trinajstić information content (AvgIpc) is 2.99. The first kappa shape index (κ1) is 21.6. The Morgan fingerprint density at radius 3 is 2.00 bits per heavy atom. The summed E-state index contributed by atoms with van der Waals surface area (Å²) >= 11 is 0. The second-order valence-electron chi connectivity index (χ2n) is 6.75. The van der Waals surface area contributed by atoms with E-state index in [2.05, 4.69) is 44.8 Å². The molecular weight excluding hydrogens is 332 g/mol. The van der Waals surface area contributed by atoms with Gasteiger partial charge < -0.3 is 13.3 Å². The molecular formula is C19H36O3Si2. The predicted octanol–water partition coefficient (Wildman–Crippen LogP) is 5.51. The van der Waals surface area contributed by atoms with Crippen LogP contribution in [0.25, 0.3) is 0 Å². The topological polar surface area (TPSA) is 27.7 Å². The summed E-state index contributed by atoms with van der Waals surface area (Å²) in [6.07, 6.45) is 8.86. The molecule has 0 amide bonds. The van der Waals surface area contributed by atoms with Crippen LogP contribution in [0, 0.1) is 0 Å². The van der Waals surface area contributed by atoms with Crippen molar-refractivity contribution in [2.75, 3.05) is 19.8 Å². The van der Waals surface area contributed by atoms with Gasteiger partial charge in [0.05, 0.1) is 13.6 Å². The summed E-state index contributed by atoms with van der Waals surface area (Å²) in [4.78, 5) is 0. The summed E-state index contributed by atoms with van der Waals surface area (Å²) in [5, 5.41) is 1.55. The third kappa shape index (κ3) is 4.79. The van der Waals surface area contributed by atoms with Gasteiger partial charge in [-0.15, -0.1) is 6.58 Å². The van der Waals surface area contributed by atoms with Gasteiger partial charge in [0.2, 0.25) is 0 Å². The van der Waals surface area contributed by atoms with Crippen LogP contribution in [-0.4, -0.2) is 36.7 Å². The lowest BCUT2D eigenvalue weighted by atomic mass is 10.1. The Labute approximate surface area is 151 Å². The van der Waals surface area contributed by atoms with E-state index >= 15 is 0 Å². The highest BCUT2D eigenvalue weighted by molar-refractivity contribution is 6.86. The van der Waals surface area contributed by atoms with E-state index in [0.29, 0.717) is 19.8 Å². The highest BCUT2D eigenvalue weighted by atomic mass is 28.4. The van der Waals surface area contributed by atoms with Gasteiger partial charge in [-0.2, -0.15) is 0 Å². The Morgan fingerprint density at radius 1 is 1.04 bits per heavy atom. The maximum absolute atomic E-state index is 6.22. The maximum atomic E-state index is 6.22. The van der Waals surface area contributed by atoms with E-state index < -0.39 is 16.9 Å². The monoisotopic (exact) mass is 368 g/mol. The van der Waals surface area contributed by atoms with Crippen LogP contribution in [-0.2, 0) is 13.3 Å². The summed E-state index contributed by atoms with van der Waals surface area (Å²) in [6.45, 7) is 19.0. The molecule has 0 radical (unpaired) electrons. The van der Waals surface area contributed by atoms with Crippen LogP contribution in [0.2, 0.25) is 24.7 Å². The minimum Gasteiger partial charge on any atom is -0.373 e. The molecule has 138 valence electrons. The van der Waals surface area contributed by atoms with Crippen molar-refractivity contribution >= 4 is 16.9 Å². The molecule has 0 aromatic heterocycles. The summed E-state index contributed by atoms with van der Waals surface area (Å²) in [5.41, 5.74) is 1.65. The maximum Gasteiger partial charge on any atom is 0.508 e. The fourth-order valence-electron chi connectivity index (χ4n) is 3.69. The van der Waals surface area contributed by atoms with Gasteiger partial charge in [0.1, 0.15) is 0 Å². The third-order valence-corrected chi connectivity index (χ3v) is 11.5. The SMILES string of the molecule is C=CC[Si](C)(C)C1=CCC=C1C(CC)[Si](OCC)(OCC)OCC. The molecule has 1 rings (SSSR count). The zero-order valence-electron chi connectivity index (χ0n) is 16.5. The highest BCUT2D eigenvalue weighted by Gasteiger charge is 2.51. The molecule has 0 aromatic carbocycles. The second kappa shape index (κ2) is 9.87. The van der Waals surface area contributed by atoms with Crippen molar-refractivity contribution in [3.63, 3.8) is 0 Å². The Bertz CT molecular complexity index is 452. The normalized spacial score (nSPS) is 16.8. The summed E-state index contributed by atoms with van der Waals surface area (Å²) in [6, 6.07) is 1.10. The van der Waals surface area contributed by atoms with E-state index in [1.165, 1.54) is 5.57 Å². The van der Waals surface area contributed by atoms with Crippen LogP contribution < -0.4 is 0 Å². The predicted molar refractivity (Wildman–Crippen MR) is 108 cm³/mol. The van der Waals surface area contributed by atoms with Crippen LogP contribution in [0.3, 0.4) is 0 Å². The minimum atomic E-state index is -2.75. The van der Waals surface area contributed by atoms with Crippen molar-refractivity contribution in [3.05, 3.63) is 35.6 Å². The van der Waals surface area contributed by atoms with Crippen LogP contribution in [0.15, 0.2) is 35.6 Å². The van der Waals surface area contributed by atoms with Crippen molar-refractivity contribution < 1.29 is 13.3 Å². The Balaban J connectivity index is 3.25. The van der Waals surface area contributed by atoms with Crippen LogP contribution in [0.4, 0.5) is 0 Å². The fourth-order valence-corrected chi connectivity index (χ4v) is 9.72. The zero-order valence-corrected chi connectivity index (χ0v) is 18.5. The molecule has 0 spiro atoms. The van der Waals surface area contributed by atoms with Gasteiger partial charge in [-0.1, -0.05) is 43.4 Å². The van der Waals surface area contributed by atoms with Crippen LogP contribution in [0.1, 0.15) is 40.5 Å². The van der Waals surface area contributed by atoms with E-state index in [0.717, 1.165) is 18.9 Å². The van der Waals surface area contributed by atoms with Gasteiger partial charge in [-0.3, -0.25) is 0 Å². The molecule has 0 fully saturated rings. The van der Waals surface area contributed by atoms with Gasteiger partial charge in [0.15, 0.2) is 0 Å². The molecule has 1 atom stereocenters. The number of allylic oxidation sites excluding steroid dienone is 5. The van der Waals surface area contributed by atoms with Crippen LogP contribution >= 0.6 is 0 Å². The summed E-state index contributed by atoms with van der Waals surface area (Å²) in [5.74, 6) is 0. The van der Waals surface area contributed by atoms with Gasteiger partial charge >= 0.3 is 8.80 Å². The molecule has 1 aliphatic carbocycles. The highest BCUT2D eigenvalue weighted by Crippen LogP contribution is 2.45. The molecule has 1 aliphatic rings. The van der Waals surface area contributed by atoms with Gasteiger partial charge in [0, 0.05) is 19.8 Å². The minimum absolute atomic E-state index is 0.225. The molecule has 0 heterocycles. The van der Waals surface area contributed by atoms with Crippen molar-refractivity contribution in [3.8, 4) is 0 Å². The standard InChI is InChI=1S/C19H36O3Si2/c1-8-16-23(6,7)19-15-13-14-17(19)18(9-2)24(20-10-3,21-11-4)22-12-5/h8,14-15,18H,1,9-13,16H2,2-7H3. The number of rotatable bonds is 12. The summed E-state index contributed by atoms with van der Waals surface area (Å²) in [7, 11) is -4.28. The zero-order chi connectivity index (χ0) is 18.2. The smallest absolute Gasteiger partial charge is 0.373 e. The quantitative estimate of drug-likeness (QED) is 0.336. The first-order valence-electron chi connectivity index (χ1n) is 9.36. The molecule has 0 bridgehead atoms. The van der Waals surface area contributed by atoms with E-state index in [1.54, 1.807) is 5.20 Å². The lowest BCUT2D eigenvalue weighted by Crippen LogP contribution is -2.51. The van der Waals surface area contributed by atoms with Crippen molar-refractivity contribution in [1.82, 2.24) is 0 Å². The Kier molecular flexibility index (Phi) is 8.88. The lowest BCUT2D eigenvalue weighted by Gasteiger charge is -2.38. The van der Waals surface area contributed by atoms with E-state index in [-0.39, 0.29) is 5.54 Å². The molecule has 0 aliphatic heterocycles. The second-order valence-corrected chi connectivity index (χ2v) is 14.2. The third-order valence-electron chi connectivity index (χ3n) is 4.60. The van der Waals surface area contributed by atoms with Gasteiger partial charge in [-0.25, -0.2) is 0 Å². The van der Waals surface area contributed by atoms with Crippen molar-refractivity contribution in [1.29, 1.82) is 0 Å². The Morgan fingerprint density at radius 2 is 1.58 bits per heavy atom. The van der Waals surface area contributed by atoms with Crippen molar-refractivity contribution in [2.24, 2.45) is 0 Å². The van der Waals surface area contributed by atoms with E-state index in [4.69, 9.17) is 13.3 Å². The largest absolute Gasteiger partial charge is 0.508 e. The first-order valence-corrected chi connectivity index (χ1v) is 14.4. The molecule has 5 heteroatoms. The van der Waals surface area contributed by atoms with Crippen molar-refractivity contribution in [2.45, 2.75) is 65.2 Å². The van der Waals surface area contributed by atoms with E-state index in [1.807, 2.05) is 20.8 Å². The first-order chi connectivity index (χ1) is 11.4. The molecule has 1 unspecified atom stereocenters. The van der Waals surface area contributed by atoms with E-state index in [9.17, 15) is 0 Å². The molecule has 24 heavy (non-hydrogen) atoms. The van der Waals surface area contributed by atoms with Gasteiger partial charge in [0.25, 0.3) is 0 Å². The molecule has 3 nitrogen and oxygen atoms in total.